The highest BCUT2D eigenvalue weighted by Crippen LogP contribution is 2.34. The molecule has 0 unspecified atom stereocenters. The first-order valence-electron chi connectivity index (χ1n) is 10.6. The monoisotopic (exact) mass is 428 g/mol. The summed E-state index contributed by atoms with van der Waals surface area (Å²) in [4.78, 5) is 26.6. The number of nitrogens with zero attached hydrogens (tertiary/aromatic N) is 4. The van der Waals surface area contributed by atoms with Crippen molar-refractivity contribution in [1.82, 2.24) is 9.88 Å². The first kappa shape index (κ1) is 19.8. The number of carbonyl (C=O) groups is 1. The molecular formula is C25H24N4OS. The SMILES string of the molecule is CN1C(=O)/C(=C/c2ccc(N3CCCCC3)cc2)SC1=Nc1ccc2ncccc2c1. The third-order valence-electron chi connectivity index (χ3n) is 5.73. The van der Waals surface area contributed by atoms with Gasteiger partial charge in [-0.3, -0.25) is 14.7 Å². The van der Waals surface area contributed by atoms with E-state index in [-0.39, 0.29) is 5.91 Å². The molecule has 0 aliphatic carbocycles. The summed E-state index contributed by atoms with van der Waals surface area (Å²) in [7, 11) is 1.77. The average Bonchev–Trinajstić information content (AvgIpc) is 3.08. The molecule has 2 saturated heterocycles. The predicted octanol–water partition coefficient (Wildman–Crippen LogP) is 5.46. The predicted molar refractivity (Wildman–Crippen MR) is 130 cm³/mol. The van der Waals surface area contributed by atoms with Gasteiger partial charge in [-0.25, -0.2) is 4.99 Å². The van der Waals surface area contributed by atoms with Gasteiger partial charge in [0.05, 0.1) is 16.1 Å². The van der Waals surface area contributed by atoms with Crippen LogP contribution in [-0.2, 0) is 4.79 Å². The van der Waals surface area contributed by atoms with Crippen LogP contribution < -0.4 is 4.90 Å². The fraction of sp³-hybridized carbons (Fsp3) is 0.240. The number of hydrogen-bond acceptors (Lipinski definition) is 5. The van der Waals surface area contributed by atoms with Crippen LogP contribution in [0.25, 0.3) is 17.0 Å². The number of amides is 1. The number of anilines is 1. The van der Waals surface area contributed by atoms with Crippen LogP contribution in [0.3, 0.4) is 0 Å². The molecule has 156 valence electrons. The van der Waals surface area contributed by atoms with Crippen molar-refractivity contribution in [2.24, 2.45) is 4.99 Å². The second kappa shape index (κ2) is 8.55. The third kappa shape index (κ3) is 4.21. The standard InChI is InChI=1S/C25H24N4OS/c1-28-24(30)23(16-18-7-10-21(11-8-18)29-14-3-2-4-15-29)31-25(28)27-20-9-12-22-19(17-20)6-5-13-26-22/h5-13,16-17H,2-4,14-15H2,1H3/b23-16-,27-25?. The maximum Gasteiger partial charge on any atom is 0.266 e. The Morgan fingerprint density at radius 2 is 1.84 bits per heavy atom. The molecule has 0 saturated carbocycles. The minimum absolute atomic E-state index is 0.0219. The smallest absolute Gasteiger partial charge is 0.266 e. The number of likely N-dealkylation sites (N-methyl/N-ethyl adjacent to an activating group) is 1. The van der Waals surface area contributed by atoms with E-state index in [4.69, 9.17) is 4.99 Å². The molecule has 2 aliphatic rings. The van der Waals surface area contributed by atoms with Crippen LogP contribution in [-0.4, -0.2) is 41.1 Å². The van der Waals surface area contributed by atoms with Crippen molar-refractivity contribution in [1.29, 1.82) is 0 Å². The van der Waals surface area contributed by atoms with Gasteiger partial charge >= 0.3 is 0 Å². The number of aliphatic imine (C=N–C) groups is 1. The van der Waals surface area contributed by atoms with E-state index >= 15 is 0 Å². The normalized spacial score (nSPS) is 19.7. The molecule has 3 heterocycles. The lowest BCUT2D eigenvalue weighted by Crippen LogP contribution is -2.29. The number of piperidine rings is 1. The van der Waals surface area contributed by atoms with Crippen molar-refractivity contribution < 1.29 is 4.79 Å². The van der Waals surface area contributed by atoms with Crippen LogP contribution in [0.5, 0.6) is 0 Å². The zero-order valence-electron chi connectivity index (χ0n) is 17.5. The van der Waals surface area contributed by atoms with Gasteiger partial charge in [0.25, 0.3) is 5.91 Å². The minimum Gasteiger partial charge on any atom is -0.372 e. The van der Waals surface area contributed by atoms with Gasteiger partial charge < -0.3 is 4.90 Å². The quantitative estimate of drug-likeness (QED) is 0.520. The van der Waals surface area contributed by atoms with E-state index < -0.39 is 0 Å². The Morgan fingerprint density at radius 1 is 1.03 bits per heavy atom. The Balaban J connectivity index is 1.36. The maximum absolute atomic E-state index is 12.8. The van der Waals surface area contributed by atoms with E-state index in [0.717, 1.165) is 35.2 Å². The van der Waals surface area contributed by atoms with Gasteiger partial charge in [0.15, 0.2) is 5.17 Å². The van der Waals surface area contributed by atoms with Crippen LogP contribution >= 0.6 is 11.8 Å². The fourth-order valence-corrected chi connectivity index (χ4v) is 4.97. The van der Waals surface area contributed by atoms with Crippen LogP contribution in [0, 0.1) is 0 Å². The number of pyridine rings is 1. The largest absolute Gasteiger partial charge is 0.372 e. The molecule has 0 bridgehead atoms. The molecule has 0 atom stereocenters. The summed E-state index contributed by atoms with van der Waals surface area (Å²) in [6.07, 6.45) is 7.59. The molecule has 3 aromatic rings. The van der Waals surface area contributed by atoms with Gasteiger partial charge in [-0.05, 0) is 79.1 Å². The Labute approximate surface area is 186 Å². The number of rotatable bonds is 3. The van der Waals surface area contributed by atoms with E-state index in [0.29, 0.717) is 10.1 Å². The summed E-state index contributed by atoms with van der Waals surface area (Å²) in [5.41, 5.74) is 4.04. The molecule has 1 aromatic heterocycles. The van der Waals surface area contributed by atoms with Crippen molar-refractivity contribution in [3.63, 3.8) is 0 Å². The summed E-state index contributed by atoms with van der Waals surface area (Å²) < 4.78 is 0. The number of hydrogen-bond donors (Lipinski definition) is 0. The molecule has 0 spiro atoms. The van der Waals surface area contributed by atoms with Crippen molar-refractivity contribution in [2.45, 2.75) is 19.3 Å². The van der Waals surface area contributed by atoms with Crippen molar-refractivity contribution in [3.8, 4) is 0 Å². The molecule has 2 aliphatic heterocycles. The van der Waals surface area contributed by atoms with Gasteiger partial charge in [-0.2, -0.15) is 0 Å². The lowest BCUT2D eigenvalue weighted by molar-refractivity contribution is -0.121. The van der Waals surface area contributed by atoms with Crippen molar-refractivity contribution in [2.75, 3.05) is 25.0 Å². The topological polar surface area (TPSA) is 48.8 Å². The van der Waals surface area contributed by atoms with Crippen LogP contribution in [0.2, 0.25) is 0 Å². The molecule has 2 fully saturated rings. The Kier molecular flexibility index (Phi) is 5.47. The molecule has 5 nitrogen and oxygen atoms in total. The zero-order valence-corrected chi connectivity index (χ0v) is 18.3. The molecular weight excluding hydrogens is 404 g/mol. The second-order valence-corrected chi connectivity index (χ2v) is 8.90. The summed E-state index contributed by atoms with van der Waals surface area (Å²) in [6.45, 7) is 2.26. The van der Waals surface area contributed by atoms with Crippen molar-refractivity contribution >= 4 is 51.2 Å². The third-order valence-corrected chi connectivity index (χ3v) is 6.79. The highest BCUT2D eigenvalue weighted by molar-refractivity contribution is 8.18. The first-order chi connectivity index (χ1) is 15.2. The molecule has 31 heavy (non-hydrogen) atoms. The zero-order chi connectivity index (χ0) is 21.2. The molecule has 0 radical (unpaired) electrons. The van der Waals surface area contributed by atoms with Crippen LogP contribution in [0.1, 0.15) is 24.8 Å². The number of carbonyl (C=O) groups excluding carboxylic acids is 1. The lowest BCUT2D eigenvalue weighted by Gasteiger charge is -2.28. The summed E-state index contributed by atoms with van der Waals surface area (Å²) >= 11 is 1.42. The Morgan fingerprint density at radius 3 is 2.65 bits per heavy atom. The van der Waals surface area contributed by atoms with E-state index in [1.807, 2.05) is 36.4 Å². The average molecular weight is 429 g/mol. The summed E-state index contributed by atoms with van der Waals surface area (Å²) in [6, 6.07) is 18.3. The maximum atomic E-state index is 12.8. The van der Waals surface area contributed by atoms with Crippen LogP contribution in [0.15, 0.2) is 70.7 Å². The lowest BCUT2D eigenvalue weighted by atomic mass is 10.1. The Hall–Kier alpha value is -3.12. The Bertz CT molecular complexity index is 1180. The van der Waals surface area contributed by atoms with E-state index in [9.17, 15) is 4.79 Å². The van der Waals surface area contributed by atoms with Gasteiger partial charge in [-0.15, -0.1) is 0 Å². The molecule has 0 N–H and O–H groups in total. The van der Waals surface area contributed by atoms with Crippen molar-refractivity contribution in [3.05, 3.63) is 71.3 Å². The summed E-state index contributed by atoms with van der Waals surface area (Å²) in [5, 5.41) is 1.72. The first-order valence-corrected chi connectivity index (χ1v) is 11.5. The minimum atomic E-state index is -0.0219. The molecule has 2 aromatic carbocycles. The molecule has 5 rings (SSSR count). The molecule has 6 heteroatoms. The van der Waals surface area contributed by atoms with Gasteiger partial charge in [0, 0.05) is 37.4 Å². The summed E-state index contributed by atoms with van der Waals surface area (Å²) in [5.74, 6) is -0.0219. The van der Waals surface area contributed by atoms with Gasteiger partial charge in [-0.1, -0.05) is 18.2 Å². The number of benzene rings is 2. The number of fused-ring (bicyclic) bond motifs is 1. The molecule has 1 amide bonds. The highest BCUT2D eigenvalue weighted by atomic mass is 32.2. The number of amidine groups is 1. The highest BCUT2D eigenvalue weighted by Gasteiger charge is 2.30. The number of aromatic nitrogens is 1. The van der Waals surface area contributed by atoms with Gasteiger partial charge in [0.2, 0.25) is 0 Å². The van der Waals surface area contributed by atoms with E-state index in [2.05, 4.69) is 34.1 Å². The van der Waals surface area contributed by atoms with E-state index in [1.54, 1.807) is 18.1 Å². The fourth-order valence-electron chi connectivity index (χ4n) is 3.98. The van der Waals surface area contributed by atoms with E-state index in [1.165, 1.54) is 36.7 Å². The second-order valence-electron chi connectivity index (χ2n) is 7.89. The van der Waals surface area contributed by atoms with Gasteiger partial charge in [0.1, 0.15) is 0 Å². The van der Waals surface area contributed by atoms with Crippen LogP contribution in [0.4, 0.5) is 11.4 Å². The number of thioether (sulfide) groups is 1.